The Morgan fingerprint density at radius 2 is 2.20 bits per heavy atom. The van der Waals surface area contributed by atoms with Gasteiger partial charge in [-0.1, -0.05) is 18.1 Å². The van der Waals surface area contributed by atoms with E-state index in [4.69, 9.17) is 0 Å². The van der Waals surface area contributed by atoms with Crippen LogP contribution in [0.25, 0.3) is 0 Å². The van der Waals surface area contributed by atoms with E-state index >= 15 is 0 Å². The van der Waals surface area contributed by atoms with E-state index in [9.17, 15) is 0 Å². The molecule has 1 aliphatic carbocycles. The third kappa shape index (κ3) is 4.75. The van der Waals surface area contributed by atoms with Gasteiger partial charge in [-0.05, 0) is 19.3 Å². The van der Waals surface area contributed by atoms with Crippen LogP contribution >= 0.6 is 0 Å². The van der Waals surface area contributed by atoms with E-state index in [0.717, 1.165) is 12.3 Å². The molecule has 10 heavy (non-hydrogen) atoms. The van der Waals surface area contributed by atoms with E-state index < -0.39 is 0 Å². The van der Waals surface area contributed by atoms with E-state index in [1.165, 1.54) is 19.3 Å². The number of hydrogen-bond acceptors (Lipinski definition) is 0. The van der Waals surface area contributed by atoms with Crippen LogP contribution in [0.2, 0.25) is 0 Å². The van der Waals surface area contributed by atoms with Gasteiger partial charge >= 0.3 is 23.1 Å². The summed E-state index contributed by atoms with van der Waals surface area (Å²) in [4.78, 5) is 0. The van der Waals surface area contributed by atoms with Gasteiger partial charge in [-0.3, -0.25) is 0 Å². The van der Waals surface area contributed by atoms with Gasteiger partial charge in [0.05, 0.1) is 0 Å². The molecule has 1 unspecified atom stereocenters. The Balaban J connectivity index is 0. The Kier molecular flexibility index (Phi) is 11.0. The van der Waals surface area contributed by atoms with Gasteiger partial charge in [0.25, 0.3) is 0 Å². The van der Waals surface area contributed by atoms with Gasteiger partial charge < -0.3 is 23.9 Å². The van der Waals surface area contributed by atoms with Crippen molar-refractivity contribution >= 4 is 23.1 Å². The molecule has 0 spiro atoms. The van der Waals surface area contributed by atoms with Crippen LogP contribution in [0.5, 0.6) is 0 Å². The molecule has 0 aromatic carbocycles. The van der Waals surface area contributed by atoms with Crippen LogP contribution < -0.4 is 17.0 Å². The Morgan fingerprint density at radius 1 is 1.50 bits per heavy atom. The molecule has 0 aromatic rings. The molecule has 0 radical (unpaired) electrons. The summed E-state index contributed by atoms with van der Waals surface area (Å²) in [5.74, 6) is 0.795. The molecule has 0 amide bonds. The second kappa shape index (κ2) is 8.09. The van der Waals surface area contributed by atoms with Crippen molar-refractivity contribution in [3.8, 4) is 0 Å². The standard InChI is InChI=1S/C8H13.BrH.Mg/c1-2-8-6-4-3-5-7-8;;/h4,6,8H,1-3,5,7H2;1H;/q-1;;+2/p-1. The molecule has 0 aromatic heterocycles. The topological polar surface area (TPSA) is 0 Å². The fraction of sp³-hybridized carbons (Fsp3) is 0.625. The second-order valence-corrected chi connectivity index (χ2v) is 2.41. The van der Waals surface area contributed by atoms with E-state index in [1.807, 2.05) is 0 Å². The smallest absolute Gasteiger partial charge is 1.00 e. The van der Waals surface area contributed by atoms with Gasteiger partial charge in [-0.2, -0.15) is 6.42 Å². The van der Waals surface area contributed by atoms with Crippen molar-refractivity contribution in [3.63, 3.8) is 0 Å². The number of hydrogen-bond donors (Lipinski definition) is 0. The first kappa shape index (κ1) is 13.6. The van der Waals surface area contributed by atoms with E-state index in [-0.39, 0.29) is 40.0 Å². The molecule has 1 aliphatic rings. The summed E-state index contributed by atoms with van der Waals surface area (Å²) in [6.07, 6.45) is 9.68. The van der Waals surface area contributed by atoms with Crippen LogP contribution in [0.15, 0.2) is 12.2 Å². The molecule has 0 nitrogen and oxygen atoms in total. The van der Waals surface area contributed by atoms with Crippen molar-refractivity contribution < 1.29 is 17.0 Å². The molecule has 0 aliphatic heterocycles. The number of allylic oxidation sites excluding steroid dienone is 2. The van der Waals surface area contributed by atoms with Crippen LogP contribution in [0, 0.1) is 12.8 Å². The molecule has 0 heterocycles. The van der Waals surface area contributed by atoms with Gasteiger partial charge in [0.1, 0.15) is 0 Å². The predicted octanol–water partition coefficient (Wildman–Crippen LogP) is -0.810. The predicted molar refractivity (Wildman–Crippen MR) is 42.2 cm³/mol. The van der Waals surface area contributed by atoms with Crippen molar-refractivity contribution in [3.05, 3.63) is 19.1 Å². The van der Waals surface area contributed by atoms with Crippen molar-refractivity contribution in [2.45, 2.75) is 25.7 Å². The molecule has 0 bridgehead atoms. The molecule has 0 saturated heterocycles. The minimum Gasteiger partial charge on any atom is -1.00 e. The Labute approximate surface area is 90.4 Å². The summed E-state index contributed by atoms with van der Waals surface area (Å²) in [6, 6.07) is 0. The maximum atomic E-state index is 3.86. The molecule has 1 atom stereocenters. The molecule has 0 N–H and O–H groups in total. The van der Waals surface area contributed by atoms with Gasteiger partial charge in [0.15, 0.2) is 0 Å². The summed E-state index contributed by atoms with van der Waals surface area (Å²) in [6.45, 7) is 3.86. The first-order valence-corrected chi connectivity index (χ1v) is 3.39. The normalized spacial score (nSPS) is 22.7. The van der Waals surface area contributed by atoms with Crippen molar-refractivity contribution in [2.24, 2.45) is 5.92 Å². The number of rotatable bonds is 1. The Bertz CT molecular complexity index is 91.3. The fourth-order valence-corrected chi connectivity index (χ4v) is 1.12. The number of halogens is 1. The zero-order valence-corrected chi connectivity index (χ0v) is 9.35. The Morgan fingerprint density at radius 3 is 2.50 bits per heavy atom. The molecule has 0 fully saturated rings. The third-order valence-corrected chi connectivity index (χ3v) is 1.72. The van der Waals surface area contributed by atoms with Gasteiger partial charge in [-0.25, -0.2) is 0 Å². The van der Waals surface area contributed by atoms with Crippen molar-refractivity contribution in [2.75, 3.05) is 0 Å². The SMILES string of the molecule is [Br-].[CH2-]CC1C=CCCC1.[Mg+2]. The minimum atomic E-state index is 0. The maximum Gasteiger partial charge on any atom is 2.00 e. The fourth-order valence-electron chi connectivity index (χ4n) is 1.12. The summed E-state index contributed by atoms with van der Waals surface area (Å²) in [5.41, 5.74) is 0. The summed E-state index contributed by atoms with van der Waals surface area (Å²) in [5, 5.41) is 0. The van der Waals surface area contributed by atoms with Crippen LogP contribution in [0.4, 0.5) is 0 Å². The summed E-state index contributed by atoms with van der Waals surface area (Å²) >= 11 is 0. The molecule has 1 rings (SSSR count). The Hall–Kier alpha value is 0.986. The molecular weight excluding hydrogens is 200 g/mol. The van der Waals surface area contributed by atoms with Crippen LogP contribution in [0.3, 0.4) is 0 Å². The zero-order valence-electron chi connectivity index (χ0n) is 6.35. The molecule has 0 saturated carbocycles. The monoisotopic (exact) mass is 212 g/mol. The first-order chi connectivity index (χ1) is 3.93. The third-order valence-electron chi connectivity index (χ3n) is 1.72. The summed E-state index contributed by atoms with van der Waals surface area (Å²) in [7, 11) is 0. The molecule has 2 heteroatoms. The van der Waals surface area contributed by atoms with Crippen molar-refractivity contribution in [1.29, 1.82) is 0 Å². The maximum absolute atomic E-state index is 3.86. The van der Waals surface area contributed by atoms with E-state index in [0.29, 0.717) is 0 Å². The first-order valence-electron chi connectivity index (χ1n) is 3.39. The van der Waals surface area contributed by atoms with Gasteiger partial charge in [-0.15, -0.1) is 0 Å². The molecular formula is C8H13BrMg. The average Bonchev–Trinajstić information content (AvgIpc) is 1.90. The quantitative estimate of drug-likeness (QED) is 0.304. The van der Waals surface area contributed by atoms with E-state index in [2.05, 4.69) is 19.1 Å². The van der Waals surface area contributed by atoms with Crippen LogP contribution in [-0.4, -0.2) is 23.1 Å². The minimum absolute atomic E-state index is 0. The average molecular weight is 213 g/mol. The summed E-state index contributed by atoms with van der Waals surface area (Å²) < 4.78 is 0. The zero-order chi connectivity index (χ0) is 5.82. The van der Waals surface area contributed by atoms with Crippen LogP contribution in [-0.2, 0) is 0 Å². The van der Waals surface area contributed by atoms with Gasteiger partial charge in [0, 0.05) is 0 Å². The van der Waals surface area contributed by atoms with Gasteiger partial charge in [0.2, 0.25) is 0 Å². The second-order valence-electron chi connectivity index (χ2n) is 2.41. The molecule has 54 valence electrons. The van der Waals surface area contributed by atoms with Crippen molar-refractivity contribution in [1.82, 2.24) is 0 Å². The largest absolute Gasteiger partial charge is 2.00 e. The van der Waals surface area contributed by atoms with Crippen LogP contribution in [0.1, 0.15) is 25.7 Å². The van der Waals surface area contributed by atoms with E-state index in [1.54, 1.807) is 0 Å².